The number of hydrogen-bond acceptors (Lipinski definition) is 7. The monoisotopic (exact) mass is 516 g/mol. The lowest BCUT2D eigenvalue weighted by atomic mass is 9.98. The third-order valence-corrected chi connectivity index (χ3v) is 10.2. The molecule has 35 heavy (non-hydrogen) atoms. The SMILES string of the molecule is CC1(C)OCC(c2csc(NC(=O)C(=CC3CCCC3)c3ccc(S(=O)(=O)C4CCC4)cc3)n2)O1. The van der Waals surface area contributed by atoms with Gasteiger partial charge in [-0.3, -0.25) is 10.1 Å². The van der Waals surface area contributed by atoms with Crippen LogP contribution in [0.25, 0.3) is 5.57 Å². The van der Waals surface area contributed by atoms with Gasteiger partial charge in [-0.15, -0.1) is 11.3 Å². The van der Waals surface area contributed by atoms with E-state index >= 15 is 0 Å². The molecule has 7 nitrogen and oxygen atoms in total. The zero-order chi connectivity index (χ0) is 24.6. The molecule has 1 amide bonds. The molecule has 1 aromatic carbocycles. The molecule has 1 saturated heterocycles. The van der Waals surface area contributed by atoms with Crippen molar-refractivity contribution in [2.45, 2.75) is 80.8 Å². The van der Waals surface area contributed by atoms with Gasteiger partial charge < -0.3 is 9.47 Å². The van der Waals surface area contributed by atoms with Crippen molar-refractivity contribution in [1.29, 1.82) is 0 Å². The molecule has 1 atom stereocenters. The number of allylic oxidation sites excluding steroid dienone is 1. The minimum absolute atomic E-state index is 0.240. The number of sulfone groups is 1. The number of rotatable bonds is 7. The molecular weight excluding hydrogens is 484 g/mol. The first kappa shape index (κ1) is 24.6. The summed E-state index contributed by atoms with van der Waals surface area (Å²) in [4.78, 5) is 18.3. The number of benzene rings is 1. The Morgan fingerprint density at radius 1 is 1.11 bits per heavy atom. The van der Waals surface area contributed by atoms with Gasteiger partial charge in [-0.2, -0.15) is 0 Å². The average molecular weight is 517 g/mol. The summed E-state index contributed by atoms with van der Waals surface area (Å²) in [6.07, 6.45) is 8.63. The van der Waals surface area contributed by atoms with Crippen molar-refractivity contribution >= 4 is 37.8 Å². The molecule has 3 aliphatic rings. The fourth-order valence-corrected chi connectivity index (χ4v) is 7.45. The van der Waals surface area contributed by atoms with E-state index in [1.807, 2.05) is 25.3 Å². The Morgan fingerprint density at radius 3 is 2.43 bits per heavy atom. The molecule has 0 spiro atoms. The quantitative estimate of drug-likeness (QED) is 0.488. The molecule has 2 aliphatic carbocycles. The molecule has 3 fully saturated rings. The van der Waals surface area contributed by atoms with E-state index in [4.69, 9.17) is 9.47 Å². The number of nitrogens with one attached hydrogen (secondary N) is 1. The zero-order valence-corrected chi connectivity index (χ0v) is 21.8. The summed E-state index contributed by atoms with van der Waals surface area (Å²) < 4.78 is 37.1. The Morgan fingerprint density at radius 2 is 1.83 bits per heavy atom. The number of nitrogens with zero attached hydrogens (tertiary/aromatic N) is 1. The molecule has 1 unspecified atom stereocenters. The maximum Gasteiger partial charge on any atom is 0.257 e. The lowest BCUT2D eigenvalue weighted by molar-refractivity contribution is -0.139. The number of anilines is 1. The molecule has 9 heteroatoms. The van der Waals surface area contributed by atoms with Crippen LogP contribution in [0.15, 0.2) is 40.6 Å². The largest absolute Gasteiger partial charge is 0.347 e. The molecule has 1 aliphatic heterocycles. The van der Waals surface area contributed by atoms with Crippen LogP contribution in [0.5, 0.6) is 0 Å². The van der Waals surface area contributed by atoms with E-state index in [1.165, 1.54) is 11.3 Å². The fourth-order valence-electron chi connectivity index (χ4n) is 4.85. The summed E-state index contributed by atoms with van der Waals surface area (Å²) in [6.45, 7) is 4.16. The van der Waals surface area contributed by atoms with E-state index < -0.39 is 15.6 Å². The van der Waals surface area contributed by atoms with Crippen molar-refractivity contribution in [3.8, 4) is 0 Å². The van der Waals surface area contributed by atoms with E-state index in [1.54, 1.807) is 24.3 Å². The highest BCUT2D eigenvalue weighted by molar-refractivity contribution is 7.92. The van der Waals surface area contributed by atoms with Crippen LogP contribution in [0.4, 0.5) is 5.13 Å². The summed E-state index contributed by atoms with van der Waals surface area (Å²) in [5.41, 5.74) is 2.01. The van der Waals surface area contributed by atoms with E-state index in [2.05, 4.69) is 10.3 Å². The van der Waals surface area contributed by atoms with Crippen molar-refractivity contribution in [2.24, 2.45) is 5.92 Å². The lowest BCUT2D eigenvalue weighted by Gasteiger charge is -2.25. The van der Waals surface area contributed by atoms with E-state index in [-0.39, 0.29) is 17.3 Å². The first-order chi connectivity index (χ1) is 16.7. The number of ether oxygens (including phenoxy) is 2. The molecule has 2 aromatic rings. The Kier molecular flexibility index (Phi) is 6.87. The van der Waals surface area contributed by atoms with E-state index in [9.17, 15) is 13.2 Å². The molecule has 2 heterocycles. The smallest absolute Gasteiger partial charge is 0.257 e. The van der Waals surface area contributed by atoms with Crippen LogP contribution in [-0.2, 0) is 24.1 Å². The second kappa shape index (κ2) is 9.76. The normalized spacial score (nSPS) is 23.4. The van der Waals surface area contributed by atoms with Crippen molar-refractivity contribution in [3.63, 3.8) is 0 Å². The molecular formula is C26H32N2O5S2. The summed E-state index contributed by atoms with van der Waals surface area (Å²) in [7, 11) is -3.30. The van der Waals surface area contributed by atoms with Crippen LogP contribution < -0.4 is 5.32 Å². The lowest BCUT2D eigenvalue weighted by Crippen LogP contribution is -2.28. The standard InChI is InChI=1S/C26H32N2O5S2/c1-26(2)32-15-23(33-26)22-16-34-25(27-22)28-24(29)21(14-17-6-3-4-7-17)18-10-12-20(13-11-18)35(30,31)19-8-5-9-19/h10-14,16-17,19,23H,3-9,15H2,1-2H3,(H,27,28,29). The highest BCUT2D eigenvalue weighted by atomic mass is 32.2. The molecule has 5 rings (SSSR count). The molecule has 0 radical (unpaired) electrons. The Bertz CT molecular complexity index is 1210. The molecule has 0 bridgehead atoms. The van der Waals surface area contributed by atoms with Crippen molar-refractivity contribution < 1.29 is 22.7 Å². The van der Waals surface area contributed by atoms with Crippen LogP contribution in [0, 0.1) is 5.92 Å². The van der Waals surface area contributed by atoms with Gasteiger partial charge in [0.2, 0.25) is 0 Å². The first-order valence-corrected chi connectivity index (χ1v) is 14.8. The van der Waals surface area contributed by atoms with Crippen LogP contribution in [-0.4, -0.2) is 37.0 Å². The van der Waals surface area contributed by atoms with Crippen LogP contribution >= 0.6 is 11.3 Å². The number of hydrogen-bond donors (Lipinski definition) is 1. The molecule has 2 saturated carbocycles. The van der Waals surface area contributed by atoms with Gasteiger partial charge in [0.25, 0.3) is 5.91 Å². The van der Waals surface area contributed by atoms with Gasteiger partial charge in [0, 0.05) is 11.0 Å². The van der Waals surface area contributed by atoms with Gasteiger partial charge in [-0.05, 0) is 63.1 Å². The Hall–Kier alpha value is -2.07. The van der Waals surface area contributed by atoms with E-state index in [0.717, 1.165) is 50.6 Å². The van der Waals surface area contributed by atoms with Crippen molar-refractivity contribution in [3.05, 3.63) is 47.0 Å². The second-order valence-electron chi connectivity index (χ2n) is 10.1. The molecule has 1 N–H and O–H groups in total. The highest BCUT2D eigenvalue weighted by Crippen LogP contribution is 2.35. The summed E-state index contributed by atoms with van der Waals surface area (Å²) in [5, 5.41) is 5.05. The zero-order valence-electron chi connectivity index (χ0n) is 20.2. The highest BCUT2D eigenvalue weighted by Gasteiger charge is 2.35. The number of aromatic nitrogens is 1. The van der Waals surface area contributed by atoms with Gasteiger partial charge in [-0.25, -0.2) is 13.4 Å². The summed E-state index contributed by atoms with van der Waals surface area (Å²) >= 11 is 1.35. The predicted octanol–water partition coefficient (Wildman–Crippen LogP) is 5.51. The van der Waals surface area contributed by atoms with Crippen LogP contribution in [0.2, 0.25) is 0 Å². The van der Waals surface area contributed by atoms with Gasteiger partial charge in [-0.1, -0.05) is 37.5 Å². The second-order valence-corrected chi connectivity index (χ2v) is 13.2. The topological polar surface area (TPSA) is 94.6 Å². The van der Waals surface area contributed by atoms with Gasteiger partial charge in [0.05, 0.1) is 22.4 Å². The van der Waals surface area contributed by atoms with E-state index in [0.29, 0.717) is 33.7 Å². The van der Waals surface area contributed by atoms with Crippen molar-refractivity contribution in [1.82, 2.24) is 4.98 Å². The third kappa shape index (κ3) is 5.38. The summed E-state index contributed by atoms with van der Waals surface area (Å²) in [5.74, 6) is -0.545. The minimum Gasteiger partial charge on any atom is -0.347 e. The maximum absolute atomic E-state index is 13.4. The van der Waals surface area contributed by atoms with Crippen LogP contribution in [0.3, 0.4) is 0 Å². The number of carbonyl (C=O) groups excluding carboxylic acids is 1. The summed E-state index contributed by atoms with van der Waals surface area (Å²) in [6, 6.07) is 6.79. The van der Waals surface area contributed by atoms with Crippen molar-refractivity contribution in [2.75, 3.05) is 11.9 Å². The minimum atomic E-state index is -3.30. The fraction of sp³-hybridized carbons (Fsp3) is 0.538. The molecule has 1 aromatic heterocycles. The third-order valence-electron chi connectivity index (χ3n) is 7.11. The Labute approximate surface area is 210 Å². The van der Waals surface area contributed by atoms with Gasteiger partial charge in [0.1, 0.15) is 6.10 Å². The maximum atomic E-state index is 13.4. The number of thiazole rings is 1. The van der Waals surface area contributed by atoms with Gasteiger partial charge in [0.15, 0.2) is 20.8 Å². The van der Waals surface area contributed by atoms with Crippen LogP contribution in [0.1, 0.15) is 76.2 Å². The van der Waals surface area contributed by atoms with Gasteiger partial charge >= 0.3 is 0 Å². The average Bonchev–Trinajstić information content (AvgIpc) is 3.52. The molecule has 188 valence electrons. The first-order valence-electron chi connectivity index (χ1n) is 12.4. The number of amides is 1. The number of carbonyl (C=O) groups is 1. The predicted molar refractivity (Wildman–Crippen MR) is 136 cm³/mol. The Balaban J connectivity index is 1.35.